The van der Waals surface area contributed by atoms with E-state index in [4.69, 9.17) is 16.1 Å². The van der Waals surface area contributed by atoms with Crippen molar-refractivity contribution >= 4 is 49.1 Å². The normalized spacial score (nSPS) is 11.6. The van der Waals surface area contributed by atoms with Gasteiger partial charge >= 0.3 is 0 Å². The summed E-state index contributed by atoms with van der Waals surface area (Å²) >= 11 is 7.36. The smallest absolute Gasteiger partial charge is 0.264 e. The number of nitrogens with one attached hydrogen (secondary N) is 1. The SMILES string of the molecule is O=S(=O)(Nc1oncc1-c1nc2ccccc2s1)c1ccc(-c2ccc(Cl)cc2)cc1. The molecular formula is C22H14ClN3O3S2. The lowest BCUT2D eigenvalue weighted by Gasteiger charge is -2.07. The second kappa shape index (κ2) is 7.81. The van der Waals surface area contributed by atoms with Gasteiger partial charge in [0, 0.05) is 5.02 Å². The molecule has 0 saturated carbocycles. The highest BCUT2D eigenvalue weighted by atomic mass is 35.5. The summed E-state index contributed by atoms with van der Waals surface area (Å²) < 4.78 is 34.5. The van der Waals surface area contributed by atoms with Gasteiger partial charge in [0.15, 0.2) is 0 Å². The van der Waals surface area contributed by atoms with Gasteiger partial charge in [0.05, 0.1) is 26.9 Å². The van der Waals surface area contributed by atoms with Crippen LogP contribution in [-0.4, -0.2) is 18.6 Å². The molecule has 6 nitrogen and oxygen atoms in total. The summed E-state index contributed by atoms with van der Waals surface area (Å²) in [6, 6.07) is 21.6. The Morgan fingerprint density at radius 1 is 0.903 bits per heavy atom. The molecule has 2 aromatic heterocycles. The third-order valence-electron chi connectivity index (χ3n) is 4.66. The Balaban J connectivity index is 1.42. The largest absolute Gasteiger partial charge is 0.337 e. The fraction of sp³-hybridized carbons (Fsp3) is 0. The molecule has 1 N–H and O–H groups in total. The molecule has 0 radical (unpaired) electrons. The summed E-state index contributed by atoms with van der Waals surface area (Å²) in [4.78, 5) is 4.65. The van der Waals surface area contributed by atoms with E-state index in [0.717, 1.165) is 21.3 Å². The first-order valence-electron chi connectivity index (χ1n) is 9.19. The van der Waals surface area contributed by atoms with Crippen molar-refractivity contribution in [2.75, 3.05) is 4.72 Å². The lowest BCUT2D eigenvalue weighted by molar-refractivity contribution is 0.435. The van der Waals surface area contributed by atoms with E-state index < -0.39 is 10.0 Å². The molecule has 0 bridgehead atoms. The summed E-state index contributed by atoms with van der Waals surface area (Å²) in [5.41, 5.74) is 3.14. The molecule has 154 valence electrons. The molecule has 0 spiro atoms. The Labute approximate surface area is 187 Å². The second-order valence-corrected chi connectivity index (χ2v) is 9.84. The van der Waals surface area contributed by atoms with Gasteiger partial charge in [-0.25, -0.2) is 18.1 Å². The van der Waals surface area contributed by atoms with E-state index in [9.17, 15) is 8.42 Å². The zero-order valence-electron chi connectivity index (χ0n) is 15.8. The number of fused-ring (bicyclic) bond motifs is 1. The number of benzene rings is 3. The number of halogens is 1. The van der Waals surface area contributed by atoms with Gasteiger partial charge in [-0.05, 0) is 47.5 Å². The molecule has 3 aromatic carbocycles. The monoisotopic (exact) mass is 467 g/mol. The summed E-state index contributed by atoms with van der Waals surface area (Å²) in [5, 5.41) is 5.03. The van der Waals surface area contributed by atoms with Crippen LogP contribution in [0.1, 0.15) is 0 Å². The van der Waals surface area contributed by atoms with Crippen LogP contribution in [0, 0.1) is 0 Å². The van der Waals surface area contributed by atoms with Crippen molar-refractivity contribution in [3.05, 3.63) is 84.0 Å². The number of hydrogen-bond donors (Lipinski definition) is 1. The topological polar surface area (TPSA) is 85.1 Å². The lowest BCUT2D eigenvalue weighted by Crippen LogP contribution is -2.12. The van der Waals surface area contributed by atoms with Gasteiger partial charge in [-0.15, -0.1) is 11.3 Å². The highest BCUT2D eigenvalue weighted by Gasteiger charge is 2.22. The van der Waals surface area contributed by atoms with Gasteiger partial charge < -0.3 is 4.52 Å². The van der Waals surface area contributed by atoms with E-state index in [-0.39, 0.29) is 10.8 Å². The van der Waals surface area contributed by atoms with E-state index in [1.54, 1.807) is 36.4 Å². The van der Waals surface area contributed by atoms with Crippen LogP contribution in [0.3, 0.4) is 0 Å². The van der Waals surface area contributed by atoms with E-state index in [2.05, 4.69) is 14.9 Å². The minimum Gasteiger partial charge on any atom is -0.337 e. The zero-order chi connectivity index (χ0) is 21.4. The maximum atomic E-state index is 12.9. The molecule has 0 atom stereocenters. The zero-order valence-corrected chi connectivity index (χ0v) is 18.2. The third kappa shape index (κ3) is 3.93. The highest BCUT2D eigenvalue weighted by Crippen LogP contribution is 2.35. The first-order valence-corrected chi connectivity index (χ1v) is 11.9. The first-order chi connectivity index (χ1) is 15.0. The molecule has 9 heteroatoms. The molecule has 5 aromatic rings. The molecule has 0 amide bonds. The molecule has 0 aliphatic rings. The van der Waals surface area contributed by atoms with E-state index in [1.165, 1.54) is 17.5 Å². The number of rotatable bonds is 5. The summed E-state index contributed by atoms with van der Waals surface area (Å²) in [5.74, 6) is 0.0285. The predicted molar refractivity (Wildman–Crippen MR) is 123 cm³/mol. The molecule has 0 aliphatic carbocycles. The van der Waals surface area contributed by atoms with Crippen LogP contribution in [0.15, 0.2) is 88.4 Å². The molecule has 2 heterocycles. The van der Waals surface area contributed by atoms with E-state index in [1.807, 2.05) is 36.4 Å². The molecule has 31 heavy (non-hydrogen) atoms. The van der Waals surface area contributed by atoms with Crippen molar-refractivity contribution in [3.63, 3.8) is 0 Å². The Morgan fingerprint density at radius 3 is 2.29 bits per heavy atom. The highest BCUT2D eigenvalue weighted by molar-refractivity contribution is 7.92. The summed E-state index contributed by atoms with van der Waals surface area (Å²) in [6.45, 7) is 0. The van der Waals surface area contributed by atoms with E-state index in [0.29, 0.717) is 15.6 Å². The number of hydrogen-bond acceptors (Lipinski definition) is 6. The van der Waals surface area contributed by atoms with Crippen molar-refractivity contribution in [2.24, 2.45) is 0 Å². The number of aromatic nitrogens is 2. The molecule has 0 saturated heterocycles. The van der Waals surface area contributed by atoms with Gasteiger partial charge in [-0.1, -0.05) is 53.2 Å². The van der Waals surface area contributed by atoms with Gasteiger partial charge in [-0.3, -0.25) is 0 Å². The summed E-state index contributed by atoms with van der Waals surface area (Å²) in [6.07, 6.45) is 1.46. The van der Waals surface area contributed by atoms with Gasteiger partial charge in [0.2, 0.25) is 5.88 Å². The number of sulfonamides is 1. The Kier molecular flexibility index (Phi) is 4.97. The quantitative estimate of drug-likeness (QED) is 0.339. The average molecular weight is 468 g/mol. The van der Waals surface area contributed by atoms with E-state index >= 15 is 0 Å². The maximum Gasteiger partial charge on any atom is 0.264 e. The van der Waals surface area contributed by atoms with Crippen molar-refractivity contribution < 1.29 is 12.9 Å². The molecule has 0 aliphatic heterocycles. The second-order valence-electron chi connectivity index (χ2n) is 6.69. The number of para-hydroxylation sites is 1. The number of nitrogens with zero attached hydrogens (tertiary/aromatic N) is 2. The van der Waals surface area contributed by atoms with Crippen LogP contribution in [-0.2, 0) is 10.0 Å². The van der Waals surface area contributed by atoms with Gasteiger partial charge in [0.1, 0.15) is 5.01 Å². The minimum atomic E-state index is -3.88. The van der Waals surface area contributed by atoms with Crippen molar-refractivity contribution in [2.45, 2.75) is 4.90 Å². The van der Waals surface area contributed by atoms with Crippen LogP contribution in [0.5, 0.6) is 0 Å². The lowest BCUT2D eigenvalue weighted by atomic mass is 10.1. The standard InChI is InChI=1S/C22H14ClN3O3S2/c23-16-9-5-14(6-10-16)15-7-11-17(12-8-15)31(27,28)26-21-18(13-24-29-21)22-25-19-3-1-2-4-20(19)30-22/h1-13,26H. The minimum absolute atomic E-state index is 0.0285. The van der Waals surface area contributed by atoms with Gasteiger partial charge in [0.25, 0.3) is 10.0 Å². The van der Waals surface area contributed by atoms with Crippen molar-refractivity contribution in [1.29, 1.82) is 0 Å². The fourth-order valence-electron chi connectivity index (χ4n) is 3.10. The Morgan fingerprint density at radius 2 is 1.58 bits per heavy atom. The molecular weight excluding hydrogens is 454 g/mol. The molecule has 0 unspecified atom stereocenters. The van der Waals surface area contributed by atoms with Crippen molar-refractivity contribution in [3.8, 4) is 21.7 Å². The first kappa shape index (κ1) is 19.7. The maximum absolute atomic E-state index is 12.9. The average Bonchev–Trinajstić information content (AvgIpc) is 3.40. The predicted octanol–water partition coefficient (Wildman–Crippen LogP) is 6.07. The Hall–Kier alpha value is -3.20. The van der Waals surface area contributed by atoms with Gasteiger partial charge in [-0.2, -0.15) is 0 Å². The Bertz CT molecular complexity index is 1440. The van der Waals surface area contributed by atoms with Crippen LogP contribution < -0.4 is 4.72 Å². The molecule has 5 rings (SSSR count). The number of anilines is 1. The summed E-state index contributed by atoms with van der Waals surface area (Å²) in [7, 11) is -3.88. The molecule has 0 fully saturated rings. The third-order valence-corrected chi connectivity index (χ3v) is 7.33. The number of thiazole rings is 1. The van der Waals surface area contributed by atoms with Crippen LogP contribution in [0.2, 0.25) is 5.02 Å². The van der Waals surface area contributed by atoms with Crippen molar-refractivity contribution in [1.82, 2.24) is 10.1 Å². The van der Waals surface area contributed by atoms with Crippen LogP contribution >= 0.6 is 22.9 Å². The fourth-order valence-corrected chi connectivity index (χ4v) is 5.20. The van der Waals surface area contributed by atoms with Crippen LogP contribution in [0.4, 0.5) is 5.88 Å². The van der Waals surface area contributed by atoms with Crippen LogP contribution in [0.25, 0.3) is 31.9 Å².